The molecule has 1 N–H and O–H groups in total. The summed E-state index contributed by atoms with van der Waals surface area (Å²) in [5.74, 6) is 1.36. The fourth-order valence-electron chi connectivity index (χ4n) is 2.19. The molecular weight excluding hydrogens is 262 g/mol. The highest BCUT2D eigenvalue weighted by atomic mass is 32.1. The molecule has 3 aliphatic rings. The van der Waals surface area contributed by atoms with Crippen LogP contribution in [-0.2, 0) is 0 Å². The van der Waals surface area contributed by atoms with E-state index in [1.54, 1.807) is 4.68 Å². The van der Waals surface area contributed by atoms with Crippen molar-refractivity contribution < 1.29 is 0 Å². The molecule has 3 heterocycles. The van der Waals surface area contributed by atoms with E-state index in [-0.39, 0.29) is 0 Å². The van der Waals surface area contributed by atoms with Gasteiger partial charge in [-0.3, -0.25) is 5.43 Å². The third kappa shape index (κ3) is 2.12. The quantitative estimate of drug-likeness (QED) is 0.770. The maximum absolute atomic E-state index is 5.42. The first kappa shape index (κ1) is 12.2. The molecule has 1 fully saturated rings. The van der Waals surface area contributed by atoms with Crippen LogP contribution in [0.25, 0.3) is 11.5 Å². The van der Waals surface area contributed by atoms with Gasteiger partial charge in [0.25, 0.3) is 0 Å². The maximum atomic E-state index is 5.42. The molecule has 3 rings (SSSR count). The summed E-state index contributed by atoms with van der Waals surface area (Å²) in [5, 5.41) is 17.1. The lowest BCUT2D eigenvalue weighted by Gasteiger charge is -2.22. The fraction of sp³-hybridized carbons (Fsp3) is 0.545. The van der Waals surface area contributed by atoms with Crippen molar-refractivity contribution in [1.82, 2.24) is 30.0 Å². The molecule has 0 atom stereocenters. The summed E-state index contributed by atoms with van der Waals surface area (Å²) < 4.78 is 1.75. The lowest BCUT2D eigenvalue weighted by Crippen LogP contribution is -2.38. The Morgan fingerprint density at radius 1 is 1.11 bits per heavy atom. The largest absolute Gasteiger partial charge is 0.348 e. The number of hydrogen-bond donors (Lipinski definition) is 1. The molecule has 7 nitrogen and oxygen atoms in total. The minimum absolute atomic E-state index is 0.659. The van der Waals surface area contributed by atoms with Crippen LogP contribution in [0.15, 0.2) is 0 Å². The summed E-state index contributed by atoms with van der Waals surface area (Å²) in [5.41, 5.74) is 4.64. The SMILES string of the molecule is Cc1nnc2n(NC(=S)N3CCCC3)c(C)nnc1-2. The van der Waals surface area contributed by atoms with Gasteiger partial charge in [0.05, 0.1) is 5.69 Å². The second-order valence-corrected chi connectivity index (χ2v) is 5.04. The highest BCUT2D eigenvalue weighted by molar-refractivity contribution is 7.80. The molecule has 0 bridgehead atoms. The molecule has 0 saturated carbocycles. The molecule has 0 aromatic heterocycles. The van der Waals surface area contributed by atoms with Crippen LogP contribution in [0, 0.1) is 13.8 Å². The van der Waals surface area contributed by atoms with Gasteiger partial charge in [-0.25, -0.2) is 4.68 Å². The second kappa shape index (κ2) is 4.69. The third-order valence-electron chi connectivity index (χ3n) is 3.28. The highest BCUT2D eigenvalue weighted by Gasteiger charge is 2.21. The summed E-state index contributed by atoms with van der Waals surface area (Å²) in [6, 6.07) is 0. The number of aryl methyl sites for hydroxylation is 2. The monoisotopic (exact) mass is 277 g/mol. The van der Waals surface area contributed by atoms with E-state index in [1.807, 2.05) is 13.8 Å². The van der Waals surface area contributed by atoms with E-state index in [2.05, 4.69) is 30.7 Å². The Balaban J connectivity index is 1.91. The number of nitrogens with one attached hydrogen (secondary N) is 1. The van der Waals surface area contributed by atoms with E-state index in [0.717, 1.165) is 18.8 Å². The first-order valence-corrected chi connectivity index (χ1v) is 6.68. The van der Waals surface area contributed by atoms with Gasteiger partial charge in [-0.05, 0) is 38.9 Å². The predicted octanol–water partition coefficient (Wildman–Crippen LogP) is 0.714. The molecule has 0 aliphatic carbocycles. The number of rotatable bonds is 1. The van der Waals surface area contributed by atoms with Crippen LogP contribution in [0.1, 0.15) is 24.4 Å². The van der Waals surface area contributed by atoms with Crippen molar-refractivity contribution in [1.29, 1.82) is 0 Å². The van der Waals surface area contributed by atoms with Crippen molar-refractivity contribution in [2.75, 3.05) is 18.5 Å². The Morgan fingerprint density at radius 3 is 2.58 bits per heavy atom. The summed E-state index contributed by atoms with van der Waals surface area (Å²) >= 11 is 5.42. The van der Waals surface area contributed by atoms with Crippen molar-refractivity contribution in [3.63, 3.8) is 0 Å². The molecule has 3 aliphatic heterocycles. The summed E-state index contributed by atoms with van der Waals surface area (Å²) in [6.45, 7) is 5.72. The zero-order chi connectivity index (χ0) is 13.4. The van der Waals surface area contributed by atoms with E-state index in [1.165, 1.54) is 12.8 Å². The molecule has 0 unspecified atom stereocenters. The van der Waals surface area contributed by atoms with Crippen LogP contribution >= 0.6 is 12.2 Å². The lowest BCUT2D eigenvalue weighted by molar-refractivity contribution is 0.520. The standard InChI is InChI=1S/C11H15N7S/c1-7-9-10(15-12-7)18(8(2)13-14-9)16-11(19)17-5-3-4-6-17/h3-6H2,1-2H3,(H,16,19). The number of fused-ring (bicyclic) bond motifs is 1. The molecule has 0 aromatic rings. The number of hydrogen-bond acceptors (Lipinski definition) is 5. The number of thiocarbonyl (C=S) groups is 1. The fourth-order valence-corrected chi connectivity index (χ4v) is 2.46. The predicted molar refractivity (Wildman–Crippen MR) is 74.5 cm³/mol. The van der Waals surface area contributed by atoms with E-state index < -0.39 is 0 Å². The topological polar surface area (TPSA) is 71.8 Å². The zero-order valence-electron chi connectivity index (χ0n) is 10.9. The minimum Gasteiger partial charge on any atom is -0.348 e. The van der Waals surface area contributed by atoms with E-state index in [0.29, 0.717) is 22.5 Å². The molecular formula is C11H15N7S. The number of likely N-dealkylation sites (tertiary alicyclic amines) is 1. The van der Waals surface area contributed by atoms with Crippen molar-refractivity contribution >= 4 is 17.3 Å². The normalized spacial score (nSPS) is 15.2. The molecule has 100 valence electrons. The summed E-state index contributed by atoms with van der Waals surface area (Å²) in [6.07, 6.45) is 2.37. The van der Waals surface area contributed by atoms with Gasteiger partial charge in [-0.1, -0.05) is 0 Å². The number of aromatic nitrogens is 5. The molecule has 0 amide bonds. The van der Waals surface area contributed by atoms with Gasteiger partial charge in [0, 0.05) is 13.1 Å². The Labute approximate surface area is 116 Å². The third-order valence-corrected chi connectivity index (χ3v) is 3.63. The van der Waals surface area contributed by atoms with Crippen molar-refractivity contribution in [2.45, 2.75) is 26.7 Å². The van der Waals surface area contributed by atoms with E-state index >= 15 is 0 Å². The highest BCUT2D eigenvalue weighted by Crippen LogP contribution is 2.19. The molecule has 0 spiro atoms. The average molecular weight is 277 g/mol. The summed E-state index contributed by atoms with van der Waals surface area (Å²) in [7, 11) is 0. The van der Waals surface area contributed by atoms with Gasteiger partial charge in [0.2, 0.25) is 5.82 Å². The Kier molecular flexibility index (Phi) is 3.02. The zero-order valence-corrected chi connectivity index (χ0v) is 11.7. The van der Waals surface area contributed by atoms with Crippen LogP contribution in [0.4, 0.5) is 0 Å². The first-order valence-electron chi connectivity index (χ1n) is 6.28. The van der Waals surface area contributed by atoms with Gasteiger partial charge < -0.3 is 4.90 Å². The molecule has 0 radical (unpaired) electrons. The molecule has 19 heavy (non-hydrogen) atoms. The van der Waals surface area contributed by atoms with Gasteiger partial charge in [0.15, 0.2) is 10.8 Å². The summed E-state index contributed by atoms with van der Waals surface area (Å²) in [4.78, 5) is 2.15. The molecule has 8 heteroatoms. The van der Waals surface area contributed by atoms with Gasteiger partial charge in [0.1, 0.15) is 5.82 Å². The van der Waals surface area contributed by atoms with Crippen molar-refractivity contribution in [2.24, 2.45) is 0 Å². The minimum atomic E-state index is 0.659. The second-order valence-electron chi connectivity index (χ2n) is 4.65. The molecule has 1 saturated heterocycles. The maximum Gasteiger partial charge on any atom is 0.205 e. The van der Waals surface area contributed by atoms with Crippen molar-refractivity contribution in [3.05, 3.63) is 11.5 Å². The Bertz CT molecular complexity index is 587. The average Bonchev–Trinajstić information content (AvgIpc) is 3.03. The van der Waals surface area contributed by atoms with Gasteiger partial charge >= 0.3 is 0 Å². The molecule has 0 aromatic carbocycles. The van der Waals surface area contributed by atoms with Crippen LogP contribution in [0.2, 0.25) is 0 Å². The van der Waals surface area contributed by atoms with Gasteiger partial charge in [-0.2, -0.15) is 5.10 Å². The lowest BCUT2D eigenvalue weighted by atomic mass is 10.3. The Morgan fingerprint density at radius 2 is 1.84 bits per heavy atom. The van der Waals surface area contributed by atoms with Crippen LogP contribution in [-0.4, -0.2) is 48.2 Å². The van der Waals surface area contributed by atoms with Crippen molar-refractivity contribution in [3.8, 4) is 11.5 Å². The smallest absolute Gasteiger partial charge is 0.205 e. The first-order chi connectivity index (χ1) is 9.16. The van der Waals surface area contributed by atoms with Crippen LogP contribution in [0.5, 0.6) is 0 Å². The van der Waals surface area contributed by atoms with E-state index in [4.69, 9.17) is 12.2 Å². The van der Waals surface area contributed by atoms with Crippen LogP contribution in [0.3, 0.4) is 0 Å². The van der Waals surface area contributed by atoms with E-state index in [9.17, 15) is 0 Å². The Hall–Kier alpha value is -1.83. The van der Waals surface area contributed by atoms with Gasteiger partial charge in [-0.15, -0.1) is 15.3 Å². The van der Waals surface area contributed by atoms with Crippen LogP contribution < -0.4 is 5.43 Å². The number of nitrogens with zero attached hydrogens (tertiary/aromatic N) is 6.